The topological polar surface area (TPSA) is 58.6 Å². The van der Waals surface area contributed by atoms with E-state index < -0.39 is 23.3 Å². The Kier molecular flexibility index (Phi) is 5.23. The molecule has 0 radical (unpaired) electrons. The molecule has 1 saturated heterocycles. The number of imide groups is 1. The van der Waals surface area contributed by atoms with Gasteiger partial charge in [-0.3, -0.25) is 9.69 Å². The molecule has 6 heteroatoms. The maximum atomic E-state index is 14.1. The first kappa shape index (κ1) is 20.6. The number of benzene rings is 3. The van der Waals surface area contributed by atoms with Crippen molar-refractivity contribution in [3.05, 3.63) is 100 Å². The minimum atomic E-state index is -1.34. The molecule has 3 amide bonds. The Balaban J connectivity index is 1.77. The van der Waals surface area contributed by atoms with E-state index in [4.69, 9.17) is 4.74 Å². The summed E-state index contributed by atoms with van der Waals surface area (Å²) in [4.78, 5) is 27.8. The Hall–Kier alpha value is -3.67. The molecule has 1 aliphatic rings. The summed E-state index contributed by atoms with van der Waals surface area (Å²) < 4.78 is 19.1. The number of carbonyl (C=O) groups is 2. The molecule has 0 aromatic heterocycles. The number of aryl methyl sites for hydroxylation is 2. The summed E-state index contributed by atoms with van der Waals surface area (Å²) in [5.74, 6) is -0.841. The molecule has 0 bridgehead atoms. The van der Waals surface area contributed by atoms with Gasteiger partial charge in [0, 0.05) is 0 Å². The number of hydrogen-bond donors (Lipinski definition) is 1. The lowest BCUT2D eigenvalue weighted by Gasteiger charge is -2.28. The SMILES string of the molecule is COc1ccc(CN2C(=O)NC(c3ccc(C)cc3)(c3ccc(C)cc3)C2=O)cc1F. The van der Waals surface area contributed by atoms with E-state index in [1.807, 2.05) is 62.4 Å². The monoisotopic (exact) mass is 418 g/mol. The average Bonchev–Trinajstić information content (AvgIpc) is 3.00. The minimum Gasteiger partial charge on any atom is -0.494 e. The van der Waals surface area contributed by atoms with Crippen LogP contribution in [0.15, 0.2) is 66.7 Å². The molecule has 1 fully saturated rings. The van der Waals surface area contributed by atoms with E-state index in [0.717, 1.165) is 16.0 Å². The number of halogens is 1. The quantitative estimate of drug-likeness (QED) is 0.623. The van der Waals surface area contributed by atoms with Crippen LogP contribution in [0, 0.1) is 19.7 Å². The molecular formula is C25H23FN2O3. The van der Waals surface area contributed by atoms with E-state index >= 15 is 0 Å². The van der Waals surface area contributed by atoms with E-state index in [1.54, 1.807) is 6.07 Å². The van der Waals surface area contributed by atoms with Crippen molar-refractivity contribution in [1.29, 1.82) is 0 Å². The fourth-order valence-electron chi connectivity index (χ4n) is 3.88. The Morgan fingerprint density at radius 1 is 0.903 bits per heavy atom. The molecule has 158 valence electrons. The third-order valence-corrected chi connectivity index (χ3v) is 5.63. The highest BCUT2D eigenvalue weighted by atomic mass is 19.1. The highest BCUT2D eigenvalue weighted by Crippen LogP contribution is 2.37. The van der Waals surface area contributed by atoms with E-state index in [9.17, 15) is 14.0 Å². The zero-order chi connectivity index (χ0) is 22.2. The van der Waals surface area contributed by atoms with Gasteiger partial charge in [-0.15, -0.1) is 0 Å². The predicted molar refractivity (Wildman–Crippen MR) is 115 cm³/mol. The summed E-state index contributed by atoms with van der Waals surface area (Å²) in [5, 5.41) is 2.92. The smallest absolute Gasteiger partial charge is 0.325 e. The second-order valence-corrected chi connectivity index (χ2v) is 7.77. The number of nitrogens with zero attached hydrogens (tertiary/aromatic N) is 1. The number of methoxy groups -OCH3 is 1. The number of carbonyl (C=O) groups excluding carboxylic acids is 2. The summed E-state index contributed by atoms with van der Waals surface area (Å²) in [5.41, 5.74) is 2.58. The maximum Gasteiger partial charge on any atom is 0.325 e. The van der Waals surface area contributed by atoms with Crippen LogP contribution in [0.4, 0.5) is 9.18 Å². The van der Waals surface area contributed by atoms with Crippen LogP contribution in [0.1, 0.15) is 27.8 Å². The molecule has 0 unspecified atom stereocenters. The number of ether oxygens (including phenoxy) is 1. The van der Waals surface area contributed by atoms with Gasteiger partial charge in [-0.05, 0) is 42.7 Å². The normalized spacial score (nSPS) is 15.2. The molecule has 1 aliphatic heterocycles. The van der Waals surface area contributed by atoms with Crippen LogP contribution in [-0.2, 0) is 16.9 Å². The molecule has 1 heterocycles. The number of hydrogen-bond acceptors (Lipinski definition) is 3. The second-order valence-electron chi connectivity index (χ2n) is 7.77. The summed E-state index contributed by atoms with van der Waals surface area (Å²) >= 11 is 0. The van der Waals surface area contributed by atoms with Crippen LogP contribution in [0.5, 0.6) is 5.75 Å². The van der Waals surface area contributed by atoms with E-state index in [0.29, 0.717) is 16.7 Å². The van der Waals surface area contributed by atoms with Crippen LogP contribution in [0.3, 0.4) is 0 Å². The van der Waals surface area contributed by atoms with Gasteiger partial charge < -0.3 is 10.1 Å². The number of amides is 3. The van der Waals surface area contributed by atoms with E-state index in [2.05, 4.69) is 5.32 Å². The highest BCUT2D eigenvalue weighted by Gasteiger charge is 2.53. The predicted octanol–water partition coefficient (Wildman–Crippen LogP) is 4.45. The number of nitrogens with one attached hydrogen (secondary N) is 1. The number of rotatable bonds is 5. The van der Waals surface area contributed by atoms with Crippen LogP contribution in [-0.4, -0.2) is 23.9 Å². The summed E-state index contributed by atoms with van der Waals surface area (Å²) in [6.07, 6.45) is 0. The van der Waals surface area contributed by atoms with Gasteiger partial charge in [0.15, 0.2) is 17.1 Å². The highest BCUT2D eigenvalue weighted by molar-refractivity contribution is 6.09. The van der Waals surface area contributed by atoms with Crippen molar-refractivity contribution in [3.63, 3.8) is 0 Å². The number of urea groups is 1. The average molecular weight is 418 g/mol. The van der Waals surface area contributed by atoms with E-state index in [1.165, 1.54) is 19.2 Å². The second kappa shape index (κ2) is 7.87. The van der Waals surface area contributed by atoms with Crippen LogP contribution in [0.25, 0.3) is 0 Å². The first-order valence-electron chi connectivity index (χ1n) is 9.96. The van der Waals surface area contributed by atoms with Crippen molar-refractivity contribution in [2.45, 2.75) is 25.9 Å². The molecule has 0 atom stereocenters. The summed E-state index contributed by atoms with van der Waals surface area (Å²) in [7, 11) is 1.38. The van der Waals surface area contributed by atoms with Gasteiger partial charge in [-0.25, -0.2) is 9.18 Å². The van der Waals surface area contributed by atoms with Gasteiger partial charge in [0.05, 0.1) is 13.7 Å². The third-order valence-electron chi connectivity index (χ3n) is 5.63. The van der Waals surface area contributed by atoms with Gasteiger partial charge in [-0.1, -0.05) is 65.7 Å². The van der Waals surface area contributed by atoms with Gasteiger partial charge in [0.25, 0.3) is 5.91 Å². The Morgan fingerprint density at radius 3 is 1.94 bits per heavy atom. The lowest BCUT2D eigenvalue weighted by atomic mass is 9.82. The summed E-state index contributed by atoms with van der Waals surface area (Å²) in [6.45, 7) is 3.87. The standard InChI is InChI=1S/C25H23FN2O3/c1-16-4-9-19(10-5-16)25(20-11-6-17(2)7-12-20)23(29)28(24(30)27-25)15-18-8-13-22(31-3)21(26)14-18/h4-14H,15H2,1-3H3,(H,27,30). The molecule has 0 saturated carbocycles. The van der Waals surface area contributed by atoms with Crippen molar-refractivity contribution in [1.82, 2.24) is 10.2 Å². The molecule has 5 nitrogen and oxygen atoms in total. The molecule has 3 aromatic rings. The third kappa shape index (κ3) is 3.54. The van der Waals surface area contributed by atoms with Crippen LogP contribution < -0.4 is 10.1 Å². The van der Waals surface area contributed by atoms with Crippen LogP contribution in [0.2, 0.25) is 0 Å². The Bertz CT molecular complexity index is 1090. The molecular weight excluding hydrogens is 395 g/mol. The van der Waals surface area contributed by atoms with Crippen LogP contribution >= 0.6 is 0 Å². The van der Waals surface area contributed by atoms with Gasteiger partial charge in [-0.2, -0.15) is 0 Å². The molecule has 0 aliphatic carbocycles. The van der Waals surface area contributed by atoms with Gasteiger partial charge >= 0.3 is 6.03 Å². The zero-order valence-electron chi connectivity index (χ0n) is 17.6. The molecule has 1 N–H and O–H groups in total. The molecule has 31 heavy (non-hydrogen) atoms. The van der Waals surface area contributed by atoms with E-state index in [-0.39, 0.29) is 12.3 Å². The van der Waals surface area contributed by atoms with Gasteiger partial charge in [0.1, 0.15) is 0 Å². The van der Waals surface area contributed by atoms with Crippen molar-refractivity contribution in [2.75, 3.05) is 7.11 Å². The lowest BCUT2D eigenvalue weighted by molar-refractivity contribution is -0.130. The first-order valence-corrected chi connectivity index (χ1v) is 9.96. The van der Waals surface area contributed by atoms with Crippen molar-refractivity contribution < 1.29 is 18.7 Å². The zero-order valence-corrected chi connectivity index (χ0v) is 17.6. The van der Waals surface area contributed by atoms with Crippen molar-refractivity contribution in [3.8, 4) is 5.75 Å². The lowest BCUT2D eigenvalue weighted by Crippen LogP contribution is -2.45. The Morgan fingerprint density at radius 2 is 1.45 bits per heavy atom. The first-order chi connectivity index (χ1) is 14.8. The maximum absolute atomic E-state index is 14.1. The molecule has 3 aromatic carbocycles. The Labute approximate surface area is 180 Å². The van der Waals surface area contributed by atoms with Gasteiger partial charge in [0.2, 0.25) is 0 Å². The van der Waals surface area contributed by atoms with Crippen molar-refractivity contribution >= 4 is 11.9 Å². The van der Waals surface area contributed by atoms with Crippen molar-refractivity contribution in [2.24, 2.45) is 0 Å². The fraction of sp³-hybridized carbons (Fsp3) is 0.200. The largest absolute Gasteiger partial charge is 0.494 e. The summed E-state index contributed by atoms with van der Waals surface area (Å²) in [6, 6.07) is 18.9. The fourth-order valence-corrected chi connectivity index (χ4v) is 3.88. The minimum absolute atomic E-state index is 0.0505. The molecule has 4 rings (SSSR count). The molecule has 0 spiro atoms.